The molecule has 0 aliphatic carbocycles. The van der Waals surface area contributed by atoms with Crippen LogP contribution in [-0.2, 0) is 0 Å². The number of Topliss-reactive ketones (excluding diaryl/α,β-unsaturated/α-hetero) is 1. The summed E-state index contributed by atoms with van der Waals surface area (Å²) in [7, 11) is 0. The Morgan fingerprint density at radius 2 is 1.60 bits per heavy atom. The van der Waals surface area contributed by atoms with Gasteiger partial charge in [0.25, 0.3) is 5.91 Å². The van der Waals surface area contributed by atoms with Crippen LogP contribution in [0.5, 0.6) is 0 Å². The first-order valence-electron chi connectivity index (χ1n) is 11.1. The predicted octanol–water partition coefficient (Wildman–Crippen LogP) is 4.80. The third-order valence-corrected chi connectivity index (χ3v) is 7.63. The molecule has 0 N–H and O–H groups in total. The zero-order valence-corrected chi connectivity index (χ0v) is 18.8. The SMILES string of the molecule is CC(=O)c1ccc(-c2nc(C)c(C(=O)N3CCC(N4CCCCCC4)CC3)s2)cc1. The molecule has 0 saturated carbocycles. The molecular weight excluding hydrogens is 394 g/mol. The number of aromatic nitrogens is 1. The highest BCUT2D eigenvalue weighted by molar-refractivity contribution is 7.17. The number of hydrogen-bond acceptors (Lipinski definition) is 5. The van der Waals surface area contributed by atoms with Crippen molar-refractivity contribution >= 4 is 23.0 Å². The molecule has 3 heterocycles. The Morgan fingerprint density at radius 1 is 0.967 bits per heavy atom. The normalized spacial score (nSPS) is 18.9. The minimum atomic E-state index is 0.0521. The molecule has 0 spiro atoms. The number of benzene rings is 1. The van der Waals surface area contributed by atoms with Gasteiger partial charge in [-0.15, -0.1) is 11.3 Å². The molecule has 0 atom stereocenters. The number of rotatable bonds is 4. The topological polar surface area (TPSA) is 53.5 Å². The fourth-order valence-corrected chi connectivity index (χ4v) is 5.64. The van der Waals surface area contributed by atoms with E-state index >= 15 is 0 Å². The van der Waals surface area contributed by atoms with Crippen molar-refractivity contribution < 1.29 is 9.59 Å². The molecule has 2 aromatic rings. The van der Waals surface area contributed by atoms with Crippen molar-refractivity contribution in [1.29, 1.82) is 0 Å². The van der Waals surface area contributed by atoms with Crippen molar-refractivity contribution in [3.05, 3.63) is 40.4 Å². The summed E-state index contributed by atoms with van der Waals surface area (Å²) in [6.45, 7) is 7.59. The summed E-state index contributed by atoms with van der Waals surface area (Å²) < 4.78 is 0. The Morgan fingerprint density at radius 3 is 2.20 bits per heavy atom. The van der Waals surface area contributed by atoms with Gasteiger partial charge in [-0.25, -0.2) is 4.98 Å². The fraction of sp³-hybridized carbons (Fsp3) is 0.542. The summed E-state index contributed by atoms with van der Waals surface area (Å²) in [6, 6.07) is 8.10. The number of nitrogens with zero attached hydrogens (tertiary/aromatic N) is 3. The largest absolute Gasteiger partial charge is 0.338 e. The minimum Gasteiger partial charge on any atom is -0.338 e. The maximum Gasteiger partial charge on any atom is 0.265 e. The lowest BCUT2D eigenvalue weighted by atomic mass is 10.0. The highest BCUT2D eigenvalue weighted by Crippen LogP contribution is 2.30. The van der Waals surface area contributed by atoms with E-state index in [1.54, 1.807) is 6.92 Å². The van der Waals surface area contributed by atoms with Gasteiger partial charge in [0.1, 0.15) is 9.88 Å². The van der Waals surface area contributed by atoms with E-state index in [-0.39, 0.29) is 11.7 Å². The lowest BCUT2D eigenvalue weighted by Gasteiger charge is -2.38. The first kappa shape index (κ1) is 21.2. The Bertz CT molecular complexity index is 890. The third-order valence-electron chi connectivity index (χ3n) is 6.44. The summed E-state index contributed by atoms with van der Waals surface area (Å²) in [4.78, 5) is 34.7. The van der Waals surface area contributed by atoms with E-state index in [0.717, 1.165) is 47.1 Å². The van der Waals surface area contributed by atoms with Gasteiger partial charge in [-0.3, -0.25) is 9.59 Å². The summed E-state index contributed by atoms with van der Waals surface area (Å²) in [6.07, 6.45) is 7.49. The van der Waals surface area contributed by atoms with E-state index in [1.807, 2.05) is 36.1 Å². The second-order valence-corrected chi connectivity index (χ2v) is 9.54. The van der Waals surface area contributed by atoms with Crippen molar-refractivity contribution in [2.24, 2.45) is 0 Å². The van der Waals surface area contributed by atoms with Gasteiger partial charge < -0.3 is 9.80 Å². The number of likely N-dealkylation sites (tertiary alicyclic amines) is 2. The van der Waals surface area contributed by atoms with Gasteiger partial charge in [-0.2, -0.15) is 0 Å². The first-order valence-corrected chi connectivity index (χ1v) is 12.0. The molecule has 1 aromatic heterocycles. The Hall–Kier alpha value is -2.05. The van der Waals surface area contributed by atoms with Crippen LogP contribution in [0.3, 0.4) is 0 Å². The van der Waals surface area contributed by atoms with E-state index < -0.39 is 0 Å². The number of piperidine rings is 1. The lowest BCUT2D eigenvalue weighted by molar-refractivity contribution is 0.0626. The third kappa shape index (κ3) is 4.65. The Kier molecular flexibility index (Phi) is 6.64. The van der Waals surface area contributed by atoms with Gasteiger partial charge in [0, 0.05) is 30.3 Å². The van der Waals surface area contributed by atoms with Crippen LogP contribution in [0.4, 0.5) is 0 Å². The van der Waals surface area contributed by atoms with E-state index in [0.29, 0.717) is 11.6 Å². The van der Waals surface area contributed by atoms with Crippen molar-refractivity contribution in [2.75, 3.05) is 26.2 Å². The van der Waals surface area contributed by atoms with E-state index in [9.17, 15) is 9.59 Å². The zero-order chi connectivity index (χ0) is 21.1. The molecule has 0 unspecified atom stereocenters. The number of amides is 1. The van der Waals surface area contributed by atoms with Crippen LogP contribution in [0.1, 0.15) is 71.2 Å². The highest BCUT2D eigenvalue weighted by atomic mass is 32.1. The number of hydrogen-bond donors (Lipinski definition) is 0. The van der Waals surface area contributed by atoms with Crippen LogP contribution < -0.4 is 0 Å². The minimum absolute atomic E-state index is 0.0521. The van der Waals surface area contributed by atoms with Crippen LogP contribution in [0.2, 0.25) is 0 Å². The van der Waals surface area contributed by atoms with Crippen LogP contribution in [0.25, 0.3) is 10.6 Å². The number of ketones is 1. The molecule has 6 heteroatoms. The summed E-state index contributed by atoms with van der Waals surface area (Å²) in [5, 5.41) is 0.838. The molecule has 4 rings (SSSR count). The Labute approximate surface area is 183 Å². The molecule has 30 heavy (non-hydrogen) atoms. The molecule has 2 aliphatic heterocycles. The standard InChI is InChI=1S/C24H31N3O2S/c1-17-22(30-23(25-17)20-9-7-19(8-10-20)18(2)28)24(29)27-15-11-21(12-16-27)26-13-5-3-4-6-14-26/h7-10,21H,3-6,11-16H2,1-2H3. The van der Waals surface area contributed by atoms with Crippen molar-refractivity contribution in [2.45, 2.75) is 58.4 Å². The van der Waals surface area contributed by atoms with Crippen molar-refractivity contribution in [1.82, 2.24) is 14.8 Å². The Balaban J connectivity index is 1.41. The van der Waals surface area contributed by atoms with Gasteiger partial charge in [0.2, 0.25) is 0 Å². The predicted molar refractivity (Wildman–Crippen MR) is 121 cm³/mol. The number of thiazole rings is 1. The summed E-state index contributed by atoms with van der Waals surface area (Å²) in [5.74, 6) is 0.169. The van der Waals surface area contributed by atoms with Gasteiger partial charge >= 0.3 is 0 Å². The summed E-state index contributed by atoms with van der Waals surface area (Å²) in [5.41, 5.74) is 2.44. The number of carbonyl (C=O) groups is 2. The summed E-state index contributed by atoms with van der Waals surface area (Å²) >= 11 is 1.46. The highest BCUT2D eigenvalue weighted by Gasteiger charge is 2.29. The van der Waals surface area contributed by atoms with Crippen LogP contribution in [0.15, 0.2) is 24.3 Å². The van der Waals surface area contributed by atoms with Gasteiger partial charge in [-0.05, 0) is 52.6 Å². The van der Waals surface area contributed by atoms with Crippen molar-refractivity contribution in [3.8, 4) is 10.6 Å². The van der Waals surface area contributed by atoms with Gasteiger partial charge in [-0.1, -0.05) is 37.1 Å². The smallest absolute Gasteiger partial charge is 0.265 e. The molecule has 1 aromatic carbocycles. The van der Waals surface area contributed by atoms with Crippen LogP contribution >= 0.6 is 11.3 Å². The van der Waals surface area contributed by atoms with Crippen LogP contribution in [-0.4, -0.2) is 58.7 Å². The van der Waals surface area contributed by atoms with Crippen molar-refractivity contribution in [3.63, 3.8) is 0 Å². The fourth-order valence-electron chi connectivity index (χ4n) is 4.60. The van der Waals surface area contributed by atoms with Crippen LogP contribution in [0, 0.1) is 6.92 Å². The van der Waals surface area contributed by atoms with Gasteiger partial charge in [0.15, 0.2) is 5.78 Å². The molecule has 2 fully saturated rings. The number of carbonyl (C=O) groups excluding carboxylic acids is 2. The van der Waals surface area contributed by atoms with E-state index in [1.165, 1.54) is 50.1 Å². The molecule has 0 bridgehead atoms. The molecule has 1 amide bonds. The molecule has 2 saturated heterocycles. The monoisotopic (exact) mass is 425 g/mol. The van der Waals surface area contributed by atoms with E-state index in [4.69, 9.17) is 0 Å². The zero-order valence-electron chi connectivity index (χ0n) is 18.0. The lowest BCUT2D eigenvalue weighted by Crippen LogP contribution is -2.47. The molecule has 160 valence electrons. The average molecular weight is 426 g/mol. The maximum atomic E-state index is 13.2. The maximum absolute atomic E-state index is 13.2. The average Bonchev–Trinajstić information content (AvgIpc) is 2.97. The molecular formula is C24H31N3O2S. The molecule has 0 radical (unpaired) electrons. The van der Waals surface area contributed by atoms with E-state index in [2.05, 4.69) is 9.88 Å². The second-order valence-electron chi connectivity index (χ2n) is 8.54. The first-order chi connectivity index (χ1) is 14.5. The number of aryl methyl sites for hydroxylation is 1. The van der Waals surface area contributed by atoms with Gasteiger partial charge in [0.05, 0.1) is 5.69 Å². The second kappa shape index (κ2) is 9.40. The molecule has 2 aliphatic rings. The molecule has 5 nitrogen and oxygen atoms in total. The quantitative estimate of drug-likeness (QED) is 0.660.